The third kappa shape index (κ3) is 3.17. The lowest BCUT2D eigenvalue weighted by molar-refractivity contribution is 0.189. The number of hydrogen-bond acceptors (Lipinski definition) is 2. The minimum atomic E-state index is 0.448. The monoisotopic (exact) mass is 275 g/mol. The van der Waals surface area contributed by atoms with Crippen LogP contribution >= 0.6 is 0 Å². The predicted molar refractivity (Wildman–Crippen MR) is 85.2 cm³/mol. The Morgan fingerprint density at radius 2 is 1.75 bits per heavy atom. The molecular weight excluding hydrogens is 246 g/mol. The Balaban J connectivity index is 2.23. The van der Waals surface area contributed by atoms with Crippen molar-refractivity contribution < 1.29 is 4.74 Å². The molecule has 112 valence electrons. The molecule has 1 aromatic rings. The van der Waals surface area contributed by atoms with Crippen molar-refractivity contribution in [2.24, 2.45) is 5.41 Å². The van der Waals surface area contributed by atoms with E-state index in [1.54, 1.807) is 0 Å². The fraction of sp³-hybridized carbons (Fsp3) is 0.667. The molecular formula is C18H29NO. The number of nitrogens with one attached hydrogen (secondary N) is 1. The molecule has 1 N–H and O–H groups in total. The van der Waals surface area contributed by atoms with E-state index in [4.69, 9.17) is 4.74 Å². The van der Waals surface area contributed by atoms with E-state index >= 15 is 0 Å². The lowest BCUT2D eigenvalue weighted by Crippen LogP contribution is -2.36. The standard InChI is InChI=1S/C18H29NO/c1-4-18(13-7-8-14-18)17(19-5-2)15-9-11-16(12-10-15)20-6-3/h9-12,17,19H,4-8,13-14H2,1-3H3. The summed E-state index contributed by atoms with van der Waals surface area (Å²) in [6.07, 6.45) is 6.74. The Kier molecular flexibility index (Phi) is 5.47. The second-order valence-corrected chi connectivity index (χ2v) is 5.92. The van der Waals surface area contributed by atoms with Crippen LogP contribution < -0.4 is 10.1 Å². The van der Waals surface area contributed by atoms with Gasteiger partial charge >= 0.3 is 0 Å². The highest BCUT2D eigenvalue weighted by molar-refractivity contribution is 5.30. The fourth-order valence-electron chi connectivity index (χ4n) is 3.74. The molecule has 0 heterocycles. The molecule has 0 aromatic heterocycles. The Morgan fingerprint density at radius 3 is 2.25 bits per heavy atom. The van der Waals surface area contributed by atoms with Crippen molar-refractivity contribution in [1.29, 1.82) is 0 Å². The Labute approximate surface area is 123 Å². The SMILES string of the molecule is CCNC(c1ccc(OCC)cc1)C1(CC)CCCC1. The lowest BCUT2D eigenvalue weighted by atomic mass is 9.73. The zero-order valence-electron chi connectivity index (χ0n) is 13.2. The number of rotatable bonds is 7. The molecule has 2 heteroatoms. The molecule has 0 saturated heterocycles. The zero-order valence-corrected chi connectivity index (χ0v) is 13.2. The molecule has 1 atom stereocenters. The van der Waals surface area contributed by atoms with Crippen molar-refractivity contribution >= 4 is 0 Å². The fourth-order valence-corrected chi connectivity index (χ4v) is 3.74. The van der Waals surface area contributed by atoms with Gasteiger partial charge in [0.1, 0.15) is 5.75 Å². The summed E-state index contributed by atoms with van der Waals surface area (Å²) >= 11 is 0. The van der Waals surface area contributed by atoms with Crippen LogP contribution in [0.4, 0.5) is 0 Å². The molecule has 2 rings (SSSR count). The van der Waals surface area contributed by atoms with Gasteiger partial charge in [0.2, 0.25) is 0 Å². The van der Waals surface area contributed by atoms with Gasteiger partial charge in [-0.25, -0.2) is 0 Å². The molecule has 0 aliphatic heterocycles. The summed E-state index contributed by atoms with van der Waals surface area (Å²) in [5, 5.41) is 3.74. The molecule has 0 spiro atoms. The average Bonchev–Trinajstić information content (AvgIpc) is 2.96. The summed E-state index contributed by atoms with van der Waals surface area (Å²) in [5.74, 6) is 0.975. The summed E-state index contributed by atoms with van der Waals surface area (Å²) in [6, 6.07) is 9.20. The Bertz CT molecular complexity index is 392. The maximum absolute atomic E-state index is 5.56. The van der Waals surface area contributed by atoms with E-state index in [1.165, 1.54) is 37.7 Å². The van der Waals surface area contributed by atoms with Crippen LogP contribution in [-0.4, -0.2) is 13.2 Å². The van der Waals surface area contributed by atoms with Gasteiger partial charge in [-0.15, -0.1) is 0 Å². The predicted octanol–water partition coefficient (Wildman–Crippen LogP) is 4.71. The molecule has 2 nitrogen and oxygen atoms in total. The van der Waals surface area contributed by atoms with Crippen molar-refractivity contribution in [2.75, 3.05) is 13.2 Å². The van der Waals surface area contributed by atoms with Gasteiger partial charge in [0, 0.05) is 6.04 Å². The second-order valence-electron chi connectivity index (χ2n) is 5.92. The molecule has 1 aliphatic rings. The Morgan fingerprint density at radius 1 is 1.10 bits per heavy atom. The number of hydrogen-bond donors (Lipinski definition) is 1. The molecule has 1 unspecified atom stereocenters. The third-order valence-electron chi connectivity index (χ3n) is 4.85. The van der Waals surface area contributed by atoms with Gasteiger partial charge in [0.25, 0.3) is 0 Å². The van der Waals surface area contributed by atoms with Crippen molar-refractivity contribution in [1.82, 2.24) is 5.32 Å². The van der Waals surface area contributed by atoms with Crippen LogP contribution in [0.25, 0.3) is 0 Å². The van der Waals surface area contributed by atoms with Gasteiger partial charge < -0.3 is 10.1 Å². The van der Waals surface area contributed by atoms with Crippen LogP contribution in [0, 0.1) is 5.41 Å². The van der Waals surface area contributed by atoms with Crippen molar-refractivity contribution in [3.05, 3.63) is 29.8 Å². The van der Waals surface area contributed by atoms with Gasteiger partial charge in [0.05, 0.1) is 6.61 Å². The first-order valence-electron chi connectivity index (χ1n) is 8.22. The van der Waals surface area contributed by atoms with Crippen LogP contribution in [-0.2, 0) is 0 Å². The highest BCUT2D eigenvalue weighted by atomic mass is 16.5. The van der Waals surface area contributed by atoms with E-state index < -0.39 is 0 Å². The highest BCUT2D eigenvalue weighted by Gasteiger charge is 2.39. The molecule has 0 radical (unpaired) electrons. The molecule has 1 saturated carbocycles. The zero-order chi connectivity index (χ0) is 14.4. The smallest absolute Gasteiger partial charge is 0.119 e. The van der Waals surface area contributed by atoms with Crippen molar-refractivity contribution in [2.45, 2.75) is 58.9 Å². The summed E-state index contributed by atoms with van der Waals surface area (Å²) in [5.41, 5.74) is 1.86. The maximum Gasteiger partial charge on any atom is 0.119 e. The van der Waals surface area contributed by atoms with Crippen LogP contribution in [0.2, 0.25) is 0 Å². The molecule has 0 bridgehead atoms. The summed E-state index contributed by atoms with van der Waals surface area (Å²) in [4.78, 5) is 0. The van der Waals surface area contributed by atoms with Gasteiger partial charge in [-0.3, -0.25) is 0 Å². The first kappa shape index (κ1) is 15.4. The van der Waals surface area contributed by atoms with Gasteiger partial charge in [0.15, 0.2) is 0 Å². The van der Waals surface area contributed by atoms with Crippen molar-refractivity contribution in [3.63, 3.8) is 0 Å². The van der Waals surface area contributed by atoms with Gasteiger partial charge in [-0.1, -0.05) is 38.8 Å². The van der Waals surface area contributed by atoms with Gasteiger partial charge in [-0.2, -0.15) is 0 Å². The molecule has 1 fully saturated rings. The van der Waals surface area contributed by atoms with E-state index in [1.807, 2.05) is 6.92 Å². The van der Waals surface area contributed by atoms with E-state index in [-0.39, 0.29) is 0 Å². The highest BCUT2D eigenvalue weighted by Crippen LogP contribution is 2.50. The quantitative estimate of drug-likeness (QED) is 0.778. The van der Waals surface area contributed by atoms with Gasteiger partial charge in [-0.05, 0) is 55.8 Å². The molecule has 0 amide bonds. The van der Waals surface area contributed by atoms with Crippen LogP contribution in [0.15, 0.2) is 24.3 Å². The maximum atomic E-state index is 5.56. The molecule has 1 aromatic carbocycles. The average molecular weight is 275 g/mol. The second kappa shape index (κ2) is 7.12. The van der Waals surface area contributed by atoms with Crippen LogP contribution in [0.3, 0.4) is 0 Å². The minimum absolute atomic E-state index is 0.448. The number of benzene rings is 1. The largest absolute Gasteiger partial charge is 0.494 e. The normalized spacial score (nSPS) is 18.9. The van der Waals surface area contributed by atoms with Crippen LogP contribution in [0.5, 0.6) is 5.75 Å². The topological polar surface area (TPSA) is 21.3 Å². The van der Waals surface area contributed by atoms with E-state index in [0.717, 1.165) is 18.9 Å². The Hall–Kier alpha value is -1.02. The van der Waals surface area contributed by atoms with Crippen LogP contribution in [0.1, 0.15) is 64.5 Å². The van der Waals surface area contributed by atoms with E-state index in [0.29, 0.717) is 11.5 Å². The number of ether oxygens (including phenoxy) is 1. The van der Waals surface area contributed by atoms with E-state index in [2.05, 4.69) is 43.4 Å². The molecule has 20 heavy (non-hydrogen) atoms. The third-order valence-corrected chi connectivity index (χ3v) is 4.85. The van der Waals surface area contributed by atoms with E-state index in [9.17, 15) is 0 Å². The summed E-state index contributed by atoms with van der Waals surface area (Å²) in [6.45, 7) is 8.35. The summed E-state index contributed by atoms with van der Waals surface area (Å²) < 4.78 is 5.56. The van der Waals surface area contributed by atoms with Crippen molar-refractivity contribution in [3.8, 4) is 5.75 Å². The first-order chi connectivity index (χ1) is 9.75. The molecule has 1 aliphatic carbocycles. The summed E-state index contributed by atoms with van der Waals surface area (Å²) in [7, 11) is 0. The minimum Gasteiger partial charge on any atom is -0.494 e. The lowest BCUT2D eigenvalue weighted by Gasteiger charge is -2.38. The first-order valence-corrected chi connectivity index (χ1v) is 8.22.